The van der Waals surface area contributed by atoms with Crippen molar-refractivity contribution in [2.75, 3.05) is 20.8 Å². The Morgan fingerprint density at radius 3 is 2.48 bits per heavy atom. The van der Waals surface area contributed by atoms with E-state index in [2.05, 4.69) is 60.4 Å². The van der Waals surface area contributed by atoms with Crippen LogP contribution in [0.25, 0.3) is 0 Å². The number of carbonyl (C=O) groups excluding carboxylic acids is 2. The molecular formula is C18H16I2N2O5. The molecule has 1 amide bonds. The molecule has 0 bridgehead atoms. The van der Waals surface area contributed by atoms with Gasteiger partial charge in [0.15, 0.2) is 18.1 Å². The van der Waals surface area contributed by atoms with E-state index in [1.165, 1.54) is 20.4 Å². The molecule has 27 heavy (non-hydrogen) atoms. The van der Waals surface area contributed by atoms with Crippen LogP contribution in [-0.2, 0) is 9.53 Å². The fourth-order valence-corrected chi connectivity index (χ4v) is 3.12. The third-order valence-corrected chi connectivity index (χ3v) is 4.82. The minimum atomic E-state index is -0.489. The molecule has 0 aliphatic carbocycles. The molecule has 9 heteroatoms. The Kier molecular flexibility index (Phi) is 8.28. The van der Waals surface area contributed by atoms with E-state index in [9.17, 15) is 9.59 Å². The summed E-state index contributed by atoms with van der Waals surface area (Å²) in [6, 6.07) is 10.6. The molecule has 142 valence electrons. The Hall–Kier alpha value is -1.89. The molecule has 2 rings (SSSR count). The number of hydrazone groups is 1. The second kappa shape index (κ2) is 10.4. The highest BCUT2D eigenvalue weighted by atomic mass is 127. The molecular weight excluding hydrogens is 578 g/mol. The number of ether oxygens (including phenoxy) is 3. The second-order valence-corrected chi connectivity index (χ2v) is 7.51. The summed E-state index contributed by atoms with van der Waals surface area (Å²) < 4.78 is 17.1. The standard InChI is InChI=1S/C18H16I2N2O5/c1-25-15-8-11(7-14(20)17(15)27-10-16(23)26-2)9-21-22-18(24)12-3-5-13(19)6-4-12/h3-9H,10H2,1-2H3,(H,22,24)/b21-9-. The maximum Gasteiger partial charge on any atom is 0.343 e. The third kappa shape index (κ3) is 6.34. The van der Waals surface area contributed by atoms with Crippen LogP contribution in [0.4, 0.5) is 0 Å². The van der Waals surface area contributed by atoms with E-state index in [4.69, 9.17) is 9.47 Å². The lowest BCUT2D eigenvalue weighted by atomic mass is 10.2. The van der Waals surface area contributed by atoms with E-state index in [1.807, 2.05) is 12.1 Å². The van der Waals surface area contributed by atoms with Gasteiger partial charge in [0.05, 0.1) is 24.0 Å². The van der Waals surface area contributed by atoms with E-state index in [0.29, 0.717) is 22.6 Å². The van der Waals surface area contributed by atoms with E-state index < -0.39 is 5.97 Å². The topological polar surface area (TPSA) is 86.2 Å². The van der Waals surface area contributed by atoms with Crippen molar-refractivity contribution in [2.45, 2.75) is 0 Å². The molecule has 0 aromatic heterocycles. The van der Waals surface area contributed by atoms with Crippen LogP contribution in [0.1, 0.15) is 15.9 Å². The van der Waals surface area contributed by atoms with Gasteiger partial charge in [0.2, 0.25) is 0 Å². The predicted molar refractivity (Wildman–Crippen MR) is 117 cm³/mol. The number of carbonyl (C=O) groups is 2. The Morgan fingerprint density at radius 2 is 1.85 bits per heavy atom. The summed E-state index contributed by atoms with van der Waals surface area (Å²) in [5.41, 5.74) is 3.70. The first-order chi connectivity index (χ1) is 12.9. The summed E-state index contributed by atoms with van der Waals surface area (Å²) in [6.45, 7) is -0.220. The summed E-state index contributed by atoms with van der Waals surface area (Å²) in [6.07, 6.45) is 1.50. The van der Waals surface area contributed by atoms with Gasteiger partial charge in [-0.1, -0.05) is 0 Å². The van der Waals surface area contributed by atoms with Gasteiger partial charge in [0.1, 0.15) is 0 Å². The van der Waals surface area contributed by atoms with E-state index in [-0.39, 0.29) is 12.5 Å². The molecule has 1 N–H and O–H groups in total. The molecule has 7 nitrogen and oxygen atoms in total. The summed E-state index contributed by atoms with van der Waals surface area (Å²) >= 11 is 4.23. The van der Waals surface area contributed by atoms with Gasteiger partial charge in [-0.25, -0.2) is 10.2 Å². The van der Waals surface area contributed by atoms with Crippen LogP contribution in [-0.4, -0.2) is 38.9 Å². The average molecular weight is 594 g/mol. The number of rotatable bonds is 7. The number of hydrogen-bond donors (Lipinski definition) is 1. The zero-order valence-electron chi connectivity index (χ0n) is 14.5. The van der Waals surface area contributed by atoms with Crippen molar-refractivity contribution >= 4 is 63.3 Å². The summed E-state index contributed by atoms with van der Waals surface area (Å²) in [5.74, 6) is 0.0823. The van der Waals surface area contributed by atoms with Crippen molar-refractivity contribution in [3.63, 3.8) is 0 Å². The number of hydrogen-bond acceptors (Lipinski definition) is 6. The average Bonchev–Trinajstić information content (AvgIpc) is 2.66. The Labute approximate surface area is 183 Å². The molecule has 0 heterocycles. The Morgan fingerprint density at radius 1 is 1.15 bits per heavy atom. The largest absolute Gasteiger partial charge is 0.493 e. The van der Waals surface area contributed by atoms with Crippen LogP contribution in [0.5, 0.6) is 11.5 Å². The second-order valence-electron chi connectivity index (χ2n) is 5.10. The van der Waals surface area contributed by atoms with Gasteiger partial charge in [0, 0.05) is 9.13 Å². The number of esters is 1. The van der Waals surface area contributed by atoms with Crippen LogP contribution in [0.15, 0.2) is 41.5 Å². The van der Waals surface area contributed by atoms with Gasteiger partial charge in [-0.05, 0) is 87.1 Å². The molecule has 2 aromatic carbocycles. The quantitative estimate of drug-likeness (QED) is 0.231. The lowest BCUT2D eigenvalue weighted by Crippen LogP contribution is -2.17. The van der Waals surface area contributed by atoms with Crippen molar-refractivity contribution in [1.82, 2.24) is 5.43 Å². The SMILES string of the molecule is COC(=O)COc1c(I)cc(/C=N\NC(=O)c2ccc(I)cc2)cc1OC. The Balaban J connectivity index is 2.08. The van der Waals surface area contributed by atoms with Crippen molar-refractivity contribution < 1.29 is 23.8 Å². The first-order valence-corrected chi connectivity index (χ1v) is 9.76. The first-order valence-electron chi connectivity index (χ1n) is 7.60. The van der Waals surface area contributed by atoms with Crippen molar-refractivity contribution in [1.29, 1.82) is 0 Å². The molecule has 2 aromatic rings. The number of nitrogens with zero attached hydrogens (tertiary/aromatic N) is 1. The van der Waals surface area contributed by atoms with Gasteiger partial charge in [-0.3, -0.25) is 4.79 Å². The fourth-order valence-electron chi connectivity index (χ4n) is 1.98. The van der Waals surface area contributed by atoms with Crippen LogP contribution in [0.3, 0.4) is 0 Å². The van der Waals surface area contributed by atoms with E-state index in [0.717, 1.165) is 7.14 Å². The highest BCUT2D eigenvalue weighted by Gasteiger charge is 2.13. The zero-order chi connectivity index (χ0) is 19.8. The lowest BCUT2D eigenvalue weighted by molar-refractivity contribution is -0.142. The van der Waals surface area contributed by atoms with Gasteiger partial charge in [-0.2, -0.15) is 5.10 Å². The highest BCUT2D eigenvalue weighted by Crippen LogP contribution is 2.33. The number of benzene rings is 2. The van der Waals surface area contributed by atoms with E-state index >= 15 is 0 Å². The number of nitrogens with one attached hydrogen (secondary N) is 1. The molecule has 0 aliphatic rings. The zero-order valence-corrected chi connectivity index (χ0v) is 18.8. The third-order valence-electron chi connectivity index (χ3n) is 3.30. The smallest absolute Gasteiger partial charge is 0.343 e. The highest BCUT2D eigenvalue weighted by molar-refractivity contribution is 14.1. The van der Waals surface area contributed by atoms with Crippen molar-refractivity contribution in [3.05, 3.63) is 54.7 Å². The molecule has 0 spiro atoms. The lowest BCUT2D eigenvalue weighted by Gasteiger charge is -2.12. The van der Waals surface area contributed by atoms with Crippen molar-refractivity contribution in [2.24, 2.45) is 5.10 Å². The monoisotopic (exact) mass is 594 g/mol. The maximum atomic E-state index is 12.1. The van der Waals surface area contributed by atoms with Gasteiger partial charge < -0.3 is 14.2 Å². The molecule has 0 atom stereocenters. The van der Waals surface area contributed by atoms with Crippen LogP contribution < -0.4 is 14.9 Å². The van der Waals surface area contributed by atoms with Gasteiger partial charge in [-0.15, -0.1) is 0 Å². The minimum Gasteiger partial charge on any atom is -0.493 e. The molecule has 0 saturated carbocycles. The summed E-state index contributed by atoms with van der Waals surface area (Å²) in [4.78, 5) is 23.3. The maximum absolute atomic E-state index is 12.1. The predicted octanol–water partition coefficient (Wildman–Crippen LogP) is 3.22. The van der Waals surface area contributed by atoms with Gasteiger partial charge >= 0.3 is 5.97 Å². The molecule has 0 saturated heterocycles. The minimum absolute atomic E-state index is 0.220. The van der Waals surface area contributed by atoms with Crippen LogP contribution in [0.2, 0.25) is 0 Å². The normalized spacial score (nSPS) is 10.5. The molecule has 0 fully saturated rings. The first kappa shape index (κ1) is 21.4. The van der Waals surface area contributed by atoms with Crippen LogP contribution in [0, 0.1) is 7.14 Å². The van der Waals surface area contributed by atoms with Crippen LogP contribution >= 0.6 is 45.2 Å². The summed E-state index contributed by atoms with van der Waals surface area (Å²) in [7, 11) is 2.79. The van der Waals surface area contributed by atoms with Crippen molar-refractivity contribution in [3.8, 4) is 11.5 Å². The molecule has 0 aliphatic heterocycles. The Bertz CT molecular complexity index is 854. The summed E-state index contributed by atoms with van der Waals surface area (Å²) in [5, 5.41) is 3.97. The molecule has 0 radical (unpaired) electrons. The number of methoxy groups -OCH3 is 2. The number of amides is 1. The molecule has 0 unspecified atom stereocenters. The van der Waals surface area contributed by atoms with E-state index in [1.54, 1.807) is 24.3 Å². The van der Waals surface area contributed by atoms with Gasteiger partial charge in [0.25, 0.3) is 5.91 Å². The number of halogens is 2. The fraction of sp³-hybridized carbons (Fsp3) is 0.167.